The van der Waals surface area contributed by atoms with Gasteiger partial charge in [0.1, 0.15) is 5.75 Å². The summed E-state index contributed by atoms with van der Waals surface area (Å²) < 4.78 is 70.8. The third kappa shape index (κ3) is 12.4. The van der Waals surface area contributed by atoms with Crippen molar-refractivity contribution in [2.45, 2.75) is 52.5 Å². The minimum Gasteiger partial charge on any atom is -0.406 e. The van der Waals surface area contributed by atoms with Gasteiger partial charge in [-0.2, -0.15) is 8.78 Å². The Balaban J connectivity index is 1.94. The molecule has 0 spiro atoms. The van der Waals surface area contributed by atoms with Gasteiger partial charge < -0.3 is 19.7 Å². The van der Waals surface area contributed by atoms with Crippen molar-refractivity contribution in [3.8, 4) is 5.75 Å². The van der Waals surface area contributed by atoms with E-state index in [4.69, 9.17) is 0 Å². The van der Waals surface area contributed by atoms with Crippen LogP contribution in [-0.2, 0) is 4.74 Å². The number of alkyl halides is 5. The lowest BCUT2D eigenvalue weighted by atomic mass is 9.96. The fourth-order valence-electron chi connectivity index (χ4n) is 4.23. The predicted molar refractivity (Wildman–Crippen MR) is 147 cm³/mol. The van der Waals surface area contributed by atoms with Gasteiger partial charge in [-0.1, -0.05) is 32.1 Å². The molecule has 0 aliphatic carbocycles. The molecule has 0 saturated heterocycles. The van der Waals surface area contributed by atoms with Crippen molar-refractivity contribution < 1.29 is 41.0 Å². The normalized spacial score (nSPS) is 13.4. The van der Waals surface area contributed by atoms with Gasteiger partial charge in [-0.05, 0) is 72.6 Å². The standard InChI is InChI=1S/C30H37F5N2O4/c1-6-22(7-12-27(38)23-8-10-25(11-9-23)41-30(33,34)35)19-37(5)15-13-24-18-26(21(3)17-20(24)2)28(39)36-14-16-40-29(4,31)32/h8-11,13,17-18,22H,2,6-7,12,14-16,19H2,1,3-5H3,(H,36,39)/b24-13-. The van der Waals surface area contributed by atoms with Crippen LogP contribution in [0.15, 0.2) is 36.4 Å². The third-order valence-electron chi connectivity index (χ3n) is 6.43. The molecule has 0 bridgehead atoms. The number of carbonyl (C=O) groups excluding carboxylic acids is 2. The molecule has 0 aromatic heterocycles. The maximum absolute atomic E-state index is 12.8. The number of halogens is 5. The highest BCUT2D eigenvalue weighted by atomic mass is 19.4. The first-order valence-electron chi connectivity index (χ1n) is 13.2. The summed E-state index contributed by atoms with van der Waals surface area (Å²) in [6.07, 6.45) is -4.40. The van der Waals surface area contributed by atoms with Crippen LogP contribution in [0.5, 0.6) is 5.75 Å². The number of hydrogen-bond donors (Lipinski definition) is 1. The van der Waals surface area contributed by atoms with E-state index in [1.807, 2.05) is 20.0 Å². The van der Waals surface area contributed by atoms with Gasteiger partial charge in [-0.25, -0.2) is 0 Å². The van der Waals surface area contributed by atoms with Crippen molar-refractivity contribution in [3.05, 3.63) is 63.5 Å². The van der Waals surface area contributed by atoms with Crippen molar-refractivity contribution in [2.75, 3.05) is 33.3 Å². The van der Waals surface area contributed by atoms with E-state index in [0.717, 1.165) is 29.0 Å². The SMILES string of the molecule is C=c1cc(C)c(C(=O)NCCOC(C)(F)F)c/c1=C/CN(C)CC(CC)CCC(=O)c1ccc(OC(F)(F)F)cc1. The fraction of sp³-hybridized carbons (Fsp3) is 0.467. The summed E-state index contributed by atoms with van der Waals surface area (Å²) in [5, 5.41) is 4.09. The largest absolute Gasteiger partial charge is 0.573 e. The van der Waals surface area contributed by atoms with E-state index >= 15 is 0 Å². The molecule has 0 saturated carbocycles. The Morgan fingerprint density at radius 1 is 1.12 bits per heavy atom. The Morgan fingerprint density at radius 3 is 2.37 bits per heavy atom. The molecule has 2 aromatic carbocycles. The monoisotopic (exact) mass is 584 g/mol. The van der Waals surface area contributed by atoms with E-state index < -0.39 is 18.4 Å². The molecule has 41 heavy (non-hydrogen) atoms. The molecule has 1 unspecified atom stereocenters. The van der Waals surface area contributed by atoms with Crippen LogP contribution in [0.1, 0.15) is 59.4 Å². The van der Waals surface area contributed by atoms with Crippen molar-refractivity contribution >= 4 is 24.3 Å². The molecule has 6 nitrogen and oxygen atoms in total. The van der Waals surface area contributed by atoms with E-state index in [9.17, 15) is 31.5 Å². The van der Waals surface area contributed by atoms with Crippen LogP contribution >= 0.6 is 0 Å². The van der Waals surface area contributed by atoms with Crippen molar-refractivity contribution in [2.24, 2.45) is 5.92 Å². The molecule has 0 aliphatic rings. The van der Waals surface area contributed by atoms with E-state index in [0.29, 0.717) is 43.1 Å². The number of carbonyl (C=O) groups is 2. The highest BCUT2D eigenvalue weighted by molar-refractivity contribution is 5.96. The van der Waals surface area contributed by atoms with Crippen LogP contribution in [0.2, 0.25) is 0 Å². The van der Waals surface area contributed by atoms with Crippen LogP contribution < -0.4 is 20.5 Å². The molecule has 0 radical (unpaired) electrons. The summed E-state index contributed by atoms with van der Waals surface area (Å²) in [7, 11) is 1.94. The number of nitrogens with zero attached hydrogens (tertiary/aromatic N) is 1. The lowest BCUT2D eigenvalue weighted by Gasteiger charge is -2.22. The zero-order chi connectivity index (χ0) is 30.8. The Bertz CT molecular complexity index is 1270. The van der Waals surface area contributed by atoms with Gasteiger partial charge in [0.25, 0.3) is 5.91 Å². The summed E-state index contributed by atoms with van der Waals surface area (Å²) in [5.74, 6) is -0.717. The lowest BCUT2D eigenvalue weighted by molar-refractivity contribution is -0.274. The van der Waals surface area contributed by atoms with Crippen molar-refractivity contribution in [1.82, 2.24) is 10.2 Å². The molecule has 1 N–H and O–H groups in total. The molecular weight excluding hydrogens is 547 g/mol. The maximum atomic E-state index is 12.8. The molecule has 11 heteroatoms. The number of ketones is 1. The zero-order valence-electron chi connectivity index (χ0n) is 23.7. The topological polar surface area (TPSA) is 67.9 Å². The van der Waals surface area contributed by atoms with Crippen molar-refractivity contribution in [3.63, 3.8) is 0 Å². The number of benzene rings is 2. The fourth-order valence-corrected chi connectivity index (χ4v) is 4.23. The number of Topliss-reactive ketones (excluding diaryl/α,β-unsaturated/α-hetero) is 1. The highest BCUT2D eigenvalue weighted by Gasteiger charge is 2.31. The second-order valence-corrected chi connectivity index (χ2v) is 10.0. The van der Waals surface area contributed by atoms with Gasteiger partial charge >= 0.3 is 12.5 Å². The number of aryl methyl sites for hydroxylation is 1. The second kappa shape index (κ2) is 15.1. The average molecular weight is 585 g/mol. The van der Waals surface area contributed by atoms with Crippen LogP contribution in [0, 0.1) is 12.8 Å². The maximum Gasteiger partial charge on any atom is 0.573 e. The average Bonchev–Trinajstić information content (AvgIpc) is 2.87. The smallest absolute Gasteiger partial charge is 0.406 e. The van der Waals surface area contributed by atoms with Gasteiger partial charge in [-0.15, -0.1) is 13.2 Å². The van der Waals surface area contributed by atoms with Gasteiger partial charge in [-0.3, -0.25) is 9.59 Å². The molecule has 2 aromatic rings. The van der Waals surface area contributed by atoms with Crippen LogP contribution in [0.25, 0.3) is 12.7 Å². The van der Waals surface area contributed by atoms with E-state index in [-0.39, 0.29) is 37.0 Å². The number of rotatable bonds is 15. The Kier molecular flexibility index (Phi) is 12.5. The quantitative estimate of drug-likeness (QED) is 0.180. The number of ether oxygens (including phenoxy) is 2. The first kappa shape index (κ1) is 33.9. The Morgan fingerprint density at radius 2 is 1.78 bits per heavy atom. The van der Waals surface area contributed by atoms with E-state index in [1.54, 1.807) is 19.1 Å². The van der Waals surface area contributed by atoms with Crippen LogP contribution in [0.3, 0.4) is 0 Å². The highest BCUT2D eigenvalue weighted by Crippen LogP contribution is 2.23. The predicted octanol–water partition coefficient (Wildman–Crippen LogP) is 5.06. The van der Waals surface area contributed by atoms with Gasteiger partial charge in [0, 0.05) is 44.1 Å². The summed E-state index contributed by atoms with van der Waals surface area (Å²) >= 11 is 0. The van der Waals surface area contributed by atoms with Gasteiger partial charge in [0.2, 0.25) is 0 Å². The molecule has 2 rings (SSSR count). The Hall–Kier alpha value is -3.31. The van der Waals surface area contributed by atoms with Crippen molar-refractivity contribution in [1.29, 1.82) is 0 Å². The van der Waals surface area contributed by atoms with E-state index in [1.165, 1.54) is 12.1 Å². The third-order valence-corrected chi connectivity index (χ3v) is 6.43. The van der Waals surface area contributed by atoms with Crippen LogP contribution in [0.4, 0.5) is 22.0 Å². The summed E-state index contributed by atoms with van der Waals surface area (Å²) in [6, 6.07) is 8.42. The minimum absolute atomic E-state index is 0.0612. The molecule has 1 amide bonds. The Labute approximate surface area is 236 Å². The molecule has 0 heterocycles. The molecule has 226 valence electrons. The second-order valence-electron chi connectivity index (χ2n) is 10.0. The number of hydrogen-bond acceptors (Lipinski definition) is 5. The van der Waals surface area contributed by atoms with E-state index in [2.05, 4.69) is 26.3 Å². The summed E-state index contributed by atoms with van der Waals surface area (Å²) in [6.45, 7) is 9.36. The summed E-state index contributed by atoms with van der Waals surface area (Å²) in [4.78, 5) is 27.3. The minimum atomic E-state index is -4.79. The molecular formula is C30H37F5N2O4. The summed E-state index contributed by atoms with van der Waals surface area (Å²) in [5.41, 5.74) is 1.45. The lowest BCUT2D eigenvalue weighted by Crippen LogP contribution is -2.34. The number of nitrogens with one attached hydrogen (secondary N) is 1. The molecule has 0 aliphatic heterocycles. The zero-order valence-corrected chi connectivity index (χ0v) is 23.7. The molecule has 1 atom stereocenters. The first-order valence-corrected chi connectivity index (χ1v) is 13.2. The molecule has 0 fully saturated rings. The van der Waals surface area contributed by atoms with Crippen LogP contribution in [-0.4, -0.2) is 62.4 Å². The van der Waals surface area contributed by atoms with Gasteiger partial charge in [0.05, 0.1) is 6.61 Å². The first-order chi connectivity index (χ1) is 19.1. The van der Waals surface area contributed by atoms with Gasteiger partial charge in [0.15, 0.2) is 5.78 Å². The number of amides is 1.